The Morgan fingerprint density at radius 1 is 1.17 bits per heavy atom. The maximum Gasteiger partial charge on any atom is 0.226 e. The molecule has 0 saturated carbocycles. The zero-order valence-electron chi connectivity index (χ0n) is 13.3. The van der Waals surface area contributed by atoms with E-state index in [4.69, 9.17) is 14.2 Å². The van der Waals surface area contributed by atoms with Crippen LogP contribution in [0.4, 0.5) is 5.13 Å². The van der Waals surface area contributed by atoms with Gasteiger partial charge in [0.2, 0.25) is 11.0 Å². The van der Waals surface area contributed by atoms with Crippen LogP contribution in [0.3, 0.4) is 0 Å². The monoisotopic (exact) mass is 337 g/mol. The lowest BCUT2D eigenvalue weighted by Gasteiger charge is -2.09. The van der Waals surface area contributed by atoms with Gasteiger partial charge in [-0.3, -0.25) is 4.79 Å². The van der Waals surface area contributed by atoms with Gasteiger partial charge in [0, 0.05) is 13.5 Å². The third-order valence-electron chi connectivity index (χ3n) is 3.07. The lowest BCUT2D eigenvalue weighted by molar-refractivity contribution is -0.116. The van der Waals surface area contributed by atoms with Gasteiger partial charge in [-0.15, -0.1) is 10.2 Å². The first-order valence-electron chi connectivity index (χ1n) is 6.98. The van der Waals surface area contributed by atoms with E-state index in [9.17, 15) is 4.79 Å². The normalized spacial score (nSPS) is 10.4. The molecule has 0 bridgehead atoms. The van der Waals surface area contributed by atoms with Gasteiger partial charge in [-0.05, 0) is 24.1 Å². The minimum atomic E-state index is -0.111. The summed E-state index contributed by atoms with van der Waals surface area (Å²) in [7, 11) is 4.76. The van der Waals surface area contributed by atoms with E-state index in [1.165, 1.54) is 11.3 Å². The molecule has 0 fully saturated rings. The molecule has 0 saturated heterocycles. The first-order chi connectivity index (χ1) is 11.2. The van der Waals surface area contributed by atoms with Gasteiger partial charge in [0.1, 0.15) is 11.6 Å². The van der Waals surface area contributed by atoms with E-state index in [1.807, 2.05) is 18.2 Å². The van der Waals surface area contributed by atoms with Gasteiger partial charge in [0.25, 0.3) is 0 Å². The van der Waals surface area contributed by atoms with E-state index >= 15 is 0 Å². The van der Waals surface area contributed by atoms with E-state index < -0.39 is 0 Å². The Labute approximate surface area is 138 Å². The van der Waals surface area contributed by atoms with Crippen molar-refractivity contribution >= 4 is 22.4 Å². The summed E-state index contributed by atoms with van der Waals surface area (Å²) in [6.45, 7) is 0.388. The van der Waals surface area contributed by atoms with Crippen LogP contribution in [0.5, 0.6) is 11.5 Å². The molecular formula is C15H19N3O4S. The molecule has 23 heavy (non-hydrogen) atoms. The Morgan fingerprint density at radius 2 is 1.96 bits per heavy atom. The van der Waals surface area contributed by atoms with Crippen LogP contribution in [0.2, 0.25) is 0 Å². The molecule has 1 aromatic heterocycles. The van der Waals surface area contributed by atoms with Crippen LogP contribution in [0.15, 0.2) is 18.2 Å². The lowest BCUT2D eigenvalue weighted by Crippen LogP contribution is -2.12. The van der Waals surface area contributed by atoms with E-state index in [0.717, 1.165) is 10.6 Å². The zero-order valence-corrected chi connectivity index (χ0v) is 14.1. The molecule has 1 heterocycles. The summed E-state index contributed by atoms with van der Waals surface area (Å²) in [5.74, 6) is 1.21. The number of amides is 1. The quantitative estimate of drug-likeness (QED) is 0.796. The highest BCUT2D eigenvalue weighted by molar-refractivity contribution is 7.15. The smallest absolute Gasteiger partial charge is 0.226 e. The second kappa shape index (κ2) is 8.44. The van der Waals surface area contributed by atoms with Crippen molar-refractivity contribution in [2.75, 3.05) is 26.6 Å². The molecule has 0 spiro atoms. The fourth-order valence-corrected chi connectivity index (χ4v) is 2.69. The van der Waals surface area contributed by atoms with Crippen LogP contribution in [-0.2, 0) is 22.6 Å². The number of anilines is 1. The summed E-state index contributed by atoms with van der Waals surface area (Å²) in [6.07, 6.45) is 0.935. The zero-order chi connectivity index (χ0) is 16.7. The molecule has 0 aliphatic carbocycles. The van der Waals surface area contributed by atoms with Crippen molar-refractivity contribution in [3.05, 3.63) is 28.8 Å². The third kappa shape index (κ3) is 4.90. The van der Waals surface area contributed by atoms with Crippen LogP contribution in [0, 0.1) is 0 Å². The molecule has 1 N–H and O–H groups in total. The van der Waals surface area contributed by atoms with Crippen molar-refractivity contribution in [2.24, 2.45) is 0 Å². The molecule has 124 valence electrons. The average Bonchev–Trinajstić information content (AvgIpc) is 3.00. The number of carbonyl (C=O) groups excluding carboxylic acids is 1. The van der Waals surface area contributed by atoms with Crippen LogP contribution < -0.4 is 14.8 Å². The summed E-state index contributed by atoms with van der Waals surface area (Å²) >= 11 is 1.30. The Balaban J connectivity index is 1.88. The van der Waals surface area contributed by atoms with E-state index in [0.29, 0.717) is 36.1 Å². The highest BCUT2D eigenvalue weighted by Gasteiger charge is 2.10. The number of aromatic nitrogens is 2. The number of carbonyl (C=O) groups is 1. The Hall–Kier alpha value is -2.19. The molecule has 2 aromatic rings. The van der Waals surface area contributed by atoms with E-state index in [1.54, 1.807) is 21.3 Å². The van der Waals surface area contributed by atoms with Crippen LogP contribution in [0.1, 0.15) is 17.0 Å². The van der Waals surface area contributed by atoms with Crippen LogP contribution in [-0.4, -0.2) is 37.4 Å². The maximum atomic E-state index is 12.0. The molecule has 0 aliphatic heterocycles. The topological polar surface area (TPSA) is 82.6 Å². The average molecular weight is 337 g/mol. The van der Waals surface area contributed by atoms with Crippen molar-refractivity contribution in [3.63, 3.8) is 0 Å². The number of hydrogen-bond acceptors (Lipinski definition) is 7. The SMILES string of the molecule is COCc1nnc(NC(=O)CCc2ccc(OC)c(OC)c2)s1. The van der Waals surface area contributed by atoms with Crippen molar-refractivity contribution in [3.8, 4) is 11.5 Å². The number of nitrogens with zero attached hydrogens (tertiary/aromatic N) is 2. The van der Waals surface area contributed by atoms with Gasteiger partial charge >= 0.3 is 0 Å². The van der Waals surface area contributed by atoms with Crippen molar-refractivity contribution in [1.82, 2.24) is 10.2 Å². The molecule has 8 heteroatoms. The number of ether oxygens (including phenoxy) is 3. The molecule has 0 atom stereocenters. The van der Waals surface area contributed by atoms with Crippen LogP contribution >= 0.6 is 11.3 Å². The fourth-order valence-electron chi connectivity index (χ4n) is 1.96. The molecular weight excluding hydrogens is 318 g/mol. The standard InChI is InChI=1S/C15H19N3O4S/c1-20-9-14-17-18-15(23-14)16-13(19)7-5-10-4-6-11(21-2)12(8-10)22-3/h4,6,8H,5,7,9H2,1-3H3,(H,16,18,19). The number of aryl methyl sites for hydroxylation is 1. The lowest BCUT2D eigenvalue weighted by atomic mass is 10.1. The first-order valence-corrected chi connectivity index (χ1v) is 7.80. The predicted molar refractivity (Wildman–Crippen MR) is 87.1 cm³/mol. The van der Waals surface area contributed by atoms with Gasteiger partial charge in [-0.1, -0.05) is 17.4 Å². The van der Waals surface area contributed by atoms with Gasteiger partial charge in [-0.25, -0.2) is 0 Å². The summed E-state index contributed by atoms with van der Waals surface area (Å²) in [5, 5.41) is 11.8. The Kier molecular flexibility index (Phi) is 6.30. The summed E-state index contributed by atoms with van der Waals surface area (Å²) in [4.78, 5) is 12.0. The molecule has 1 amide bonds. The number of nitrogens with one attached hydrogen (secondary N) is 1. The van der Waals surface area contributed by atoms with Gasteiger partial charge < -0.3 is 19.5 Å². The number of benzene rings is 1. The fraction of sp³-hybridized carbons (Fsp3) is 0.400. The number of hydrogen-bond donors (Lipinski definition) is 1. The second-order valence-electron chi connectivity index (χ2n) is 4.67. The van der Waals surface area contributed by atoms with Crippen molar-refractivity contribution in [1.29, 1.82) is 0 Å². The summed E-state index contributed by atoms with van der Waals surface area (Å²) in [5.41, 5.74) is 0.995. The largest absolute Gasteiger partial charge is 0.493 e. The highest BCUT2D eigenvalue weighted by atomic mass is 32.1. The first kappa shape index (κ1) is 17.2. The molecule has 0 unspecified atom stereocenters. The third-order valence-corrected chi connectivity index (χ3v) is 3.88. The molecule has 2 rings (SSSR count). The van der Waals surface area contributed by atoms with Crippen molar-refractivity contribution in [2.45, 2.75) is 19.4 Å². The molecule has 7 nitrogen and oxygen atoms in total. The summed E-state index contributed by atoms with van der Waals surface area (Å²) < 4.78 is 15.4. The Morgan fingerprint density at radius 3 is 2.65 bits per heavy atom. The van der Waals surface area contributed by atoms with E-state index in [-0.39, 0.29) is 5.91 Å². The van der Waals surface area contributed by atoms with Gasteiger partial charge in [-0.2, -0.15) is 0 Å². The molecule has 1 aromatic carbocycles. The van der Waals surface area contributed by atoms with Gasteiger partial charge in [0.15, 0.2) is 11.5 Å². The maximum absolute atomic E-state index is 12.0. The summed E-state index contributed by atoms with van der Waals surface area (Å²) in [6, 6.07) is 5.61. The van der Waals surface area contributed by atoms with Crippen LogP contribution in [0.25, 0.3) is 0 Å². The van der Waals surface area contributed by atoms with Crippen molar-refractivity contribution < 1.29 is 19.0 Å². The number of rotatable bonds is 8. The molecule has 0 aliphatic rings. The van der Waals surface area contributed by atoms with E-state index in [2.05, 4.69) is 15.5 Å². The Bertz CT molecular complexity index is 660. The highest BCUT2D eigenvalue weighted by Crippen LogP contribution is 2.28. The van der Waals surface area contributed by atoms with Gasteiger partial charge in [0.05, 0.1) is 14.2 Å². The molecule has 0 radical (unpaired) electrons. The minimum absolute atomic E-state index is 0.111. The predicted octanol–water partition coefficient (Wildman–Crippen LogP) is 2.27. The second-order valence-corrected chi connectivity index (χ2v) is 5.73. The minimum Gasteiger partial charge on any atom is -0.493 e. The number of methoxy groups -OCH3 is 3.